The van der Waals surface area contributed by atoms with Crippen LogP contribution in [0.3, 0.4) is 0 Å². The summed E-state index contributed by atoms with van der Waals surface area (Å²) in [5.41, 5.74) is 0. The van der Waals surface area contributed by atoms with Gasteiger partial charge in [0.2, 0.25) is 0 Å². The lowest BCUT2D eigenvalue weighted by Gasteiger charge is -2.22. The number of methoxy groups -OCH3 is 1. The molecule has 82 valence electrons. The summed E-state index contributed by atoms with van der Waals surface area (Å²) in [4.78, 5) is 0. The Morgan fingerprint density at radius 1 is 1.29 bits per heavy atom. The van der Waals surface area contributed by atoms with Crippen LogP contribution >= 0.6 is 0 Å². The molecular weight excluding hydrogens is 174 g/mol. The second kappa shape index (κ2) is 4.63. The predicted molar refractivity (Wildman–Crippen MR) is 58.3 cm³/mol. The topological polar surface area (TPSA) is 21.3 Å². The van der Waals surface area contributed by atoms with Crippen LogP contribution in [0.5, 0.6) is 0 Å². The molecule has 0 bridgehead atoms. The maximum Gasteiger partial charge on any atom is 0.0618 e. The number of rotatable bonds is 5. The molecule has 2 saturated carbocycles. The molecule has 2 heteroatoms. The Morgan fingerprint density at radius 3 is 2.57 bits per heavy atom. The van der Waals surface area contributed by atoms with Crippen molar-refractivity contribution in [3.8, 4) is 0 Å². The fourth-order valence-electron chi connectivity index (χ4n) is 2.66. The van der Waals surface area contributed by atoms with Gasteiger partial charge in [0.1, 0.15) is 0 Å². The molecule has 0 aromatic heterocycles. The van der Waals surface area contributed by atoms with Crippen molar-refractivity contribution in [3.63, 3.8) is 0 Å². The van der Waals surface area contributed by atoms with E-state index in [9.17, 15) is 0 Å². The van der Waals surface area contributed by atoms with Crippen molar-refractivity contribution >= 4 is 0 Å². The van der Waals surface area contributed by atoms with Crippen molar-refractivity contribution in [1.82, 2.24) is 5.32 Å². The largest absolute Gasteiger partial charge is 0.383 e. The summed E-state index contributed by atoms with van der Waals surface area (Å²) in [6.07, 6.45) is 6.95. The van der Waals surface area contributed by atoms with E-state index in [4.69, 9.17) is 4.74 Å². The molecule has 3 atom stereocenters. The van der Waals surface area contributed by atoms with Gasteiger partial charge < -0.3 is 10.1 Å². The SMILES string of the molecule is COCC(NC1CCC(C)C1)C1CC1. The van der Waals surface area contributed by atoms with Gasteiger partial charge in [-0.05, 0) is 43.9 Å². The van der Waals surface area contributed by atoms with Crippen LogP contribution in [0.25, 0.3) is 0 Å². The van der Waals surface area contributed by atoms with Crippen molar-refractivity contribution in [2.24, 2.45) is 11.8 Å². The highest BCUT2D eigenvalue weighted by atomic mass is 16.5. The third-order valence-electron chi connectivity index (χ3n) is 3.68. The van der Waals surface area contributed by atoms with Crippen LogP contribution in [0.15, 0.2) is 0 Å². The van der Waals surface area contributed by atoms with Gasteiger partial charge in [-0.3, -0.25) is 0 Å². The van der Waals surface area contributed by atoms with E-state index in [1.807, 2.05) is 7.11 Å². The molecule has 0 aromatic carbocycles. The van der Waals surface area contributed by atoms with Crippen molar-refractivity contribution in [2.45, 2.75) is 51.1 Å². The third kappa shape index (κ3) is 2.71. The van der Waals surface area contributed by atoms with Crippen LogP contribution in [0.1, 0.15) is 39.0 Å². The van der Waals surface area contributed by atoms with Gasteiger partial charge in [-0.2, -0.15) is 0 Å². The lowest BCUT2D eigenvalue weighted by molar-refractivity contribution is 0.151. The summed E-state index contributed by atoms with van der Waals surface area (Å²) in [5.74, 6) is 1.83. The minimum absolute atomic E-state index is 0.635. The maximum atomic E-state index is 5.28. The Hall–Kier alpha value is -0.0800. The highest BCUT2D eigenvalue weighted by Crippen LogP contribution is 2.34. The van der Waals surface area contributed by atoms with Crippen molar-refractivity contribution in [2.75, 3.05) is 13.7 Å². The fourth-order valence-corrected chi connectivity index (χ4v) is 2.66. The minimum Gasteiger partial charge on any atom is -0.383 e. The van der Waals surface area contributed by atoms with Crippen molar-refractivity contribution in [3.05, 3.63) is 0 Å². The third-order valence-corrected chi connectivity index (χ3v) is 3.68. The highest BCUT2D eigenvalue weighted by molar-refractivity contribution is 4.90. The molecule has 2 nitrogen and oxygen atoms in total. The first kappa shape index (κ1) is 10.4. The summed E-state index contributed by atoms with van der Waals surface area (Å²) >= 11 is 0. The van der Waals surface area contributed by atoms with Gasteiger partial charge in [-0.1, -0.05) is 6.92 Å². The molecule has 14 heavy (non-hydrogen) atoms. The monoisotopic (exact) mass is 197 g/mol. The van der Waals surface area contributed by atoms with Crippen molar-refractivity contribution in [1.29, 1.82) is 0 Å². The second-order valence-electron chi connectivity index (χ2n) is 5.18. The summed E-state index contributed by atoms with van der Waals surface area (Å²) in [6, 6.07) is 1.40. The maximum absolute atomic E-state index is 5.28. The average Bonchev–Trinajstić information content (AvgIpc) is 2.91. The summed E-state index contributed by atoms with van der Waals surface area (Å²) in [7, 11) is 1.81. The zero-order valence-electron chi connectivity index (χ0n) is 9.46. The van der Waals surface area contributed by atoms with E-state index in [-0.39, 0.29) is 0 Å². The molecule has 0 radical (unpaired) electrons. The Bertz CT molecular complexity index is 179. The van der Waals surface area contributed by atoms with Crippen LogP contribution < -0.4 is 5.32 Å². The van der Waals surface area contributed by atoms with E-state index in [0.717, 1.165) is 24.5 Å². The summed E-state index contributed by atoms with van der Waals surface area (Å²) in [6.45, 7) is 3.26. The molecule has 0 aromatic rings. The zero-order valence-corrected chi connectivity index (χ0v) is 9.46. The summed E-state index contributed by atoms with van der Waals surface area (Å²) in [5, 5.41) is 3.78. The van der Waals surface area contributed by atoms with E-state index in [1.165, 1.54) is 32.1 Å². The Labute approximate surface area is 87.4 Å². The highest BCUT2D eigenvalue weighted by Gasteiger charge is 2.33. The van der Waals surface area contributed by atoms with E-state index in [1.54, 1.807) is 0 Å². The van der Waals surface area contributed by atoms with Crippen LogP contribution in [0.2, 0.25) is 0 Å². The van der Waals surface area contributed by atoms with E-state index in [0.29, 0.717) is 6.04 Å². The quantitative estimate of drug-likeness (QED) is 0.729. The zero-order chi connectivity index (χ0) is 9.97. The molecule has 0 aliphatic heterocycles. The Morgan fingerprint density at radius 2 is 2.07 bits per heavy atom. The van der Waals surface area contributed by atoms with Crippen molar-refractivity contribution < 1.29 is 4.74 Å². The van der Waals surface area contributed by atoms with E-state index >= 15 is 0 Å². The molecule has 3 unspecified atom stereocenters. The lowest BCUT2D eigenvalue weighted by Crippen LogP contribution is -2.41. The molecule has 0 spiro atoms. The smallest absolute Gasteiger partial charge is 0.0618 e. The number of hydrogen-bond donors (Lipinski definition) is 1. The number of hydrogen-bond acceptors (Lipinski definition) is 2. The van der Waals surface area contributed by atoms with E-state index < -0.39 is 0 Å². The molecule has 0 saturated heterocycles. The first-order valence-electron chi connectivity index (χ1n) is 6.04. The molecule has 0 heterocycles. The normalized spacial score (nSPS) is 34.7. The van der Waals surface area contributed by atoms with Crippen LogP contribution in [-0.2, 0) is 4.74 Å². The average molecular weight is 197 g/mol. The van der Waals surface area contributed by atoms with Gasteiger partial charge in [0, 0.05) is 19.2 Å². The second-order valence-corrected chi connectivity index (χ2v) is 5.18. The van der Waals surface area contributed by atoms with Gasteiger partial charge in [0.15, 0.2) is 0 Å². The fraction of sp³-hybridized carbons (Fsp3) is 1.00. The Balaban J connectivity index is 1.75. The van der Waals surface area contributed by atoms with Gasteiger partial charge in [0.25, 0.3) is 0 Å². The van der Waals surface area contributed by atoms with Crippen LogP contribution in [0, 0.1) is 11.8 Å². The summed E-state index contributed by atoms with van der Waals surface area (Å²) < 4.78 is 5.28. The number of nitrogens with one attached hydrogen (secondary N) is 1. The molecular formula is C12H23NO. The van der Waals surface area contributed by atoms with Gasteiger partial charge >= 0.3 is 0 Å². The van der Waals surface area contributed by atoms with E-state index in [2.05, 4.69) is 12.2 Å². The van der Waals surface area contributed by atoms with Gasteiger partial charge in [-0.25, -0.2) is 0 Å². The first-order valence-corrected chi connectivity index (χ1v) is 6.04. The van der Waals surface area contributed by atoms with Gasteiger partial charge in [0.05, 0.1) is 6.61 Å². The first-order chi connectivity index (χ1) is 6.79. The van der Waals surface area contributed by atoms with Crippen LogP contribution in [-0.4, -0.2) is 25.8 Å². The molecule has 0 amide bonds. The molecule has 2 rings (SSSR count). The molecule has 2 aliphatic carbocycles. The predicted octanol–water partition coefficient (Wildman–Crippen LogP) is 2.19. The lowest BCUT2D eigenvalue weighted by atomic mass is 10.1. The minimum atomic E-state index is 0.635. The Kier molecular flexibility index (Phi) is 3.45. The standard InChI is InChI=1S/C12H23NO/c1-9-3-6-11(7-9)13-12(8-14-2)10-4-5-10/h9-13H,3-8H2,1-2H3. The molecule has 2 fully saturated rings. The molecule has 2 aliphatic rings. The van der Waals surface area contributed by atoms with Crippen LogP contribution in [0.4, 0.5) is 0 Å². The molecule has 1 N–H and O–H groups in total. The number of ether oxygens (including phenoxy) is 1. The van der Waals surface area contributed by atoms with Gasteiger partial charge in [-0.15, -0.1) is 0 Å².